The van der Waals surface area contributed by atoms with E-state index in [0.29, 0.717) is 0 Å². The molecule has 5 nitrogen and oxygen atoms in total. The Bertz CT molecular complexity index is 414. The molecule has 1 aliphatic heterocycles. The van der Waals surface area contributed by atoms with Crippen LogP contribution in [0.4, 0.5) is 26.3 Å². The zero-order valence-corrected chi connectivity index (χ0v) is 10.5. The topological polar surface area (TPSA) is 74.8 Å². The highest BCUT2D eigenvalue weighted by molar-refractivity contribution is 5.92. The largest absolute Gasteiger partial charge is 0.410 e. The van der Waals surface area contributed by atoms with E-state index in [9.17, 15) is 26.3 Å². The van der Waals surface area contributed by atoms with Crippen LogP contribution in [0.25, 0.3) is 0 Å². The second kappa shape index (κ2) is 5.11. The lowest BCUT2D eigenvalue weighted by Gasteiger charge is -2.36. The van der Waals surface area contributed by atoms with Gasteiger partial charge in [0.15, 0.2) is 11.7 Å². The average Bonchev–Trinajstić information content (AvgIpc) is 2.25. The third-order valence-corrected chi connectivity index (χ3v) is 2.75. The third-order valence-electron chi connectivity index (χ3n) is 2.75. The number of alkyl halides is 6. The summed E-state index contributed by atoms with van der Waals surface area (Å²) in [5.74, 6) is -4.96. The summed E-state index contributed by atoms with van der Waals surface area (Å²) >= 11 is 0. The summed E-state index contributed by atoms with van der Waals surface area (Å²) in [6, 6.07) is -2.10. The number of guanidine groups is 1. The van der Waals surface area contributed by atoms with Crippen LogP contribution in [-0.2, 0) is 0 Å². The van der Waals surface area contributed by atoms with Crippen LogP contribution in [0.15, 0.2) is 9.98 Å². The van der Waals surface area contributed by atoms with Gasteiger partial charge in [0.25, 0.3) is 0 Å². The molecule has 0 aromatic carbocycles. The Hall–Kier alpha value is -1.52. The monoisotopic (exact) mass is 305 g/mol. The van der Waals surface area contributed by atoms with E-state index in [-0.39, 0.29) is 0 Å². The van der Waals surface area contributed by atoms with Gasteiger partial charge < -0.3 is 10.6 Å². The molecule has 4 N–H and O–H groups in total. The molecule has 0 saturated carbocycles. The Morgan fingerprint density at radius 3 is 2.20 bits per heavy atom. The van der Waals surface area contributed by atoms with Crippen molar-refractivity contribution in [3.63, 3.8) is 0 Å². The second-order valence-electron chi connectivity index (χ2n) is 4.31. The van der Waals surface area contributed by atoms with Crippen molar-refractivity contribution in [3.8, 4) is 0 Å². The molecule has 0 amide bonds. The maximum Gasteiger partial charge on any atom is 0.410 e. The van der Waals surface area contributed by atoms with Crippen LogP contribution >= 0.6 is 0 Å². The molecule has 0 saturated heterocycles. The smallest absolute Gasteiger partial charge is 0.319 e. The fourth-order valence-electron chi connectivity index (χ4n) is 1.26. The highest BCUT2D eigenvalue weighted by Crippen LogP contribution is 2.32. The van der Waals surface area contributed by atoms with Gasteiger partial charge in [0.05, 0.1) is 6.34 Å². The van der Waals surface area contributed by atoms with Crippen LogP contribution in [0.2, 0.25) is 0 Å². The molecule has 0 aliphatic carbocycles. The molecule has 1 rings (SSSR count). The van der Waals surface area contributed by atoms with E-state index in [2.05, 4.69) is 15.3 Å². The van der Waals surface area contributed by atoms with Crippen molar-refractivity contribution < 1.29 is 26.3 Å². The molecule has 0 fully saturated rings. The highest BCUT2D eigenvalue weighted by atomic mass is 19.4. The fourth-order valence-corrected chi connectivity index (χ4v) is 1.26. The normalized spacial score (nSPS) is 28.8. The van der Waals surface area contributed by atoms with E-state index < -0.39 is 36.1 Å². The zero-order chi connectivity index (χ0) is 15.8. The van der Waals surface area contributed by atoms with Crippen LogP contribution in [0.3, 0.4) is 0 Å². The molecule has 1 heterocycles. The Morgan fingerprint density at radius 2 is 1.75 bits per heavy atom. The van der Waals surface area contributed by atoms with E-state index in [1.807, 2.05) is 5.32 Å². The van der Waals surface area contributed by atoms with Gasteiger partial charge in [-0.05, 0) is 13.8 Å². The minimum absolute atomic E-state index is 0.525. The van der Waals surface area contributed by atoms with Gasteiger partial charge in [-0.25, -0.2) is 9.98 Å². The van der Waals surface area contributed by atoms with Crippen LogP contribution < -0.4 is 16.4 Å². The van der Waals surface area contributed by atoms with Crippen molar-refractivity contribution in [1.29, 1.82) is 0 Å². The Balaban J connectivity index is 2.95. The molecule has 1 aliphatic rings. The molecule has 1 unspecified atom stereocenters. The molecule has 0 spiro atoms. The summed E-state index contributed by atoms with van der Waals surface area (Å²) in [7, 11) is 0. The average molecular weight is 305 g/mol. The molecule has 0 radical (unpaired) electrons. The van der Waals surface area contributed by atoms with E-state index in [1.165, 1.54) is 0 Å². The molecular weight excluding hydrogens is 292 g/mol. The van der Waals surface area contributed by atoms with Crippen molar-refractivity contribution in [1.82, 2.24) is 10.6 Å². The summed E-state index contributed by atoms with van der Waals surface area (Å²) in [6.07, 6.45) is -8.50. The summed E-state index contributed by atoms with van der Waals surface area (Å²) in [4.78, 5) is 6.59. The number of hydrogen-bond acceptors (Lipinski definition) is 3. The number of hydrogen-bond donors (Lipinski definition) is 3. The number of nitrogens with one attached hydrogen (secondary N) is 2. The molecule has 0 bridgehead atoms. The Kier molecular flexibility index (Phi) is 4.22. The van der Waals surface area contributed by atoms with Gasteiger partial charge in [0.1, 0.15) is 12.0 Å². The molecular formula is C9H13F6N5. The lowest BCUT2D eigenvalue weighted by molar-refractivity contribution is -0.188. The van der Waals surface area contributed by atoms with E-state index in [0.717, 1.165) is 20.2 Å². The van der Waals surface area contributed by atoms with Crippen LogP contribution in [0.5, 0.6) is 0 Å². The van der Waals surface area contributed by atoms with Gasteiger partial charge in [-0.1, -0.05) is 0 Å². The third kappa shape index (κ3) is 3.74. The molecule has 0 aromatic heterocycles. The van der Waals surface area contributed by atoms with Crippen LogP contribution in [-0.4, -0.2) is 36.5 Å². The minimum atomic E-state index is -4.67. The standard InChI is InChI=1S/C9H13F6N5/c1-4(7(10,11)12)9(16)18-3-17-6(20-9)19-5(2)8(13,14)15/h3-5H,16H2,1-2H3,(H2,17,18,19,20)/t4-,5+,9?/m0/s1. The lowest BCUT2D eigenvalue weighted by Crippen LogP contribution is -2.67. The van der Waals surface area contributed by atoms with Crippen LogP contribution in [0, 0.1) is 5.92 Å². The van der Waals surface area contributed by atoms with Gasteiger partial charge in [0.2, 0.25) is 0 Å². The van der Waals surface area contributed by atoms with Crippen molar-refractivity contribution in [3.05, 3.63) is 0 Å². The molecule has 20 heavy (non-hydrogen) atoms. The summed E-state index contributed by atoms with van der Waals surface area (Å²) in [5, 5.41) is 4.22. The van der Waals surface area contributed by atoms with Crippen LogP contribution in [0.1, 0.15) is 13.8 Å². The number of nitrogens with zero attached hydrogens (tertiary/aromatic N) is 2. The fraction of sp³-hybridized carbons (Fsp3) is 0.778. The number of halogens is 6. The molecule has 11 heteroatoms. The number of rotatable bonds is 2. The Labute approximate surface area is 110 Å². The van der Waals surface area contributed by atoms with Gasteiger partial charge in [-0.15, -0.1) is 0 Å². The molecule has 3 atom stereocenters. The maximum absolute atomic E-state index is 12.6. The lowest BCUT2D eigenvalue weighted by atomic mass is 10.0. The minimum Gasteiger partial charge on any atom is -0.319 e. The van der Waals surface area contributed by atoms with Crippen molar-refractivity contribution >= 4 is 12.3 Å². The predicted octanol–water partition coefficient (Wildman–Crippen LogP) is 1.33. The van der Waals surface area contributed by atoms with E-state index >= 15 is 0 Å². The summed E-state index contributed by atoms with van der Waals surface area (Å²) in [6.45, 7) is 1.52. The van der Waals surface area contributed by atoms with E-state index in [1.54, 1.807) is 0 Å². The number of aliphatic imine (C=N–C) groups is 2. The maximum atomic E-state index is 12.6. The quantitative estimate of drug-likeness (QED) is 0.674. The predicted molar refractivity (Wildman–Crippen MR) is 59.9 cm³/mol. The summed E-state index contributed by atoms with van der Waals surface area (Å²) in [5.41, 5.74) is 5.43. The van der Waals surface area contributed by atoms with Crippen molar-refractivity contribution in [2.75, 3.05) is 0 Å². The van der Waals surface area contributed by atoms with Gasteiger partial charge in [-0.2, -0.15) is 26.3 Å². The Morgan fingerprint density at radius 1 is 1.20 bits per heavy atom. The van der Waals surface area contributed by atoms with Gasteiger partial charge >= 0.3 is 12.4 Å². The van der Waals surface area contributed by atoms with Gasteiger partial charge in [-0.3, -0.25) is 5.73 Å². The number of nitrogens with two attached hydrogens (primary N) is 1. The van der Waals surface area contributed by atoms with Crippen molar-refractivity contribution in [2.45, 2.75) is 38.0 Å². The first-order chi connectivity index (χ1) is 8.86. The highest BCUT2D eigenvalue weighted by Gasteiger charge is 2.50. The first kappa shape index (κ1) is 16.5. The van der Waals surface area contributed by atoms with Gasteiger partial charge in [0, 0.05) is 0 Å². The van der Waals surface area contributed by atoms with Crippen molar-refractivity contribution in [2.24, 2.45) is 21.6 Å². The second-order valence-corrected chi connectivity index (χ2v) is 4.31. The van der Waals surface area contributed by atoms with E-state index in [4.69, 9.17) is 5.73 Å². The SMILES string of the molecule is C[C@@H](N=C1NC=NC(N)([C@@H](C)C(F)(F)F)N1)C(F)(F)F. The molecule has 0 aromatic rings. The molecule has 116 valence electrons. The zero-order valence-electron chi connectivity index (χ0n) is 10.5. The first-order valence-corrected chi connectivity index (χ1v) is 5.45. The first-order valence-electron chi connectivity index (χ1n) is 5.45. The summed E-state index contributed by atoms with van der Waals surface area (Å²) < 4.78 is 74.9.